The van der Waals surface area contributed by atoms with E-state index in [0.717, 1.165) is 49.4 Å². The highest BCUT2D eigenvalue weighted by Gasteiger charge is 2.75. The summed E-state index contributed by atoms with van der Waals surface area (Å²) < 4.78 is 52.8. The summed E-state index contributed by atoms with van der Waals surface area (Å²) in [6, 6.07) is 10.8. The van der Waals surface area contributed by atoms with E-state index in [0.29, 0.717) is 24.3 Å². The Kier molecular flexibility index (Phi) is 6.28. The number of alkyl halides is 3. The Morgan fingerprint density at radius 2 is 1.93 bits per heavy atom. The molecule has 0 radical (unpaired) electrons. The van der Waals surface area contributed by atoms with Crippen LogP contribution in [0.2, 0.25) is 0 Å². The number of piperidine rings is 1. The minimum atomic E-state index is -4.46. The number of likely N-dealkylation sites (tertiary alicyclic amines) is 1. The van der Waals surface area contributed by atoms with E-state index >= 15 is 0 Å². The van der Waals surface area contributed by atoms with Crippen molar-refractivity contribution in [2.45, 2.75) is 80.8 Å². The van der Waals surface area contributed by atoms with E-state index < -0.39 is 28.9 Å². The number of likely N-dealkylation sites (N-methyl/N-ethyl adjacent to an activating group) is 1. The van der Waals surface area contributed by atoms with Crippen LogP contribution >= 0.6 is 0 Å². The minimum absolute atomic E-state index is 0.0328. The topological polar surface area (TPSA) is 59.1 Å². The van der Waals surface area contributed by atoms with Crippen molar-refractivity contribution in [3.05, 3.63) is 70.8 Å². The summed E-state index contributed by atoms with van der Waals surface area (Å²) in [7, 11) is 1.73. The van der Waals surface area contributed by atoms with Crippen molar-refractivity contribution in [1.29, 1.82) is 0 Å². The maximum absolute atomic E-state index is 13.5. The quantitative estimate of drug-likeness (QED) is 0.339. The molecule has 42 heavy (non-hydrogen) atoms. The van der Waals surface area contributed by atoms with Crippen molar-refractivity contribution >= 4 is 18.0 Å². The zero-order valence-electron chi connectivity index (χ0n) is 23.8. The van der Waals surface area contributed by atoms with Gasteiger partial charge in [-0.25, -0.2) is 0 Å². The zero-order chi connectivity index (χ0) is 29.4. The summed E-state index contributed by atoms with van der Waals surface area (Å²) >= 11 is 0. The molecule has 0 aromatic heterocycles. The number of amides is 1. The van der Waals surface area contributed by atoms with Gasteiger partial charge in [-0.3, -0.25) is 14.5 Å². The van der Waals surface area contributed by atoms with Crippen molar-refractivity contribution in [1.82, 2.24) is 9.80 Å². The molecule has 2 aromatic carbocycles. The van der Waals surface area contributed by atoms with Gasteiger partial charge in [0.15, 0.2) is 0 Å². The Morgan fingerprint density at radius 1 is 1.14 bits per heavy atom. The highest BCUT2D eigenvalue weighted by atomic mass is 19.4. The van der Waals surface area contributed by atoms with Gasteiger partial charge >= 0.3 is 12.1 Å². The number of nitrogens with zero attached hydrogens (tertiary/aromatic N) is 2. The number of hydrogen-bond donors (Lipinski definition) is 0. The van der Waals surface area contributed by atoms with Gasteiger partial charge in [0.2, 0.25) is 5.91 Å². The van der Waals surface area contributed by atoms with E-state index in [1.807, 2.05) is 12.1 Å². The maximum Gasteiger partial charge on any atom is 0.416 e. The molecular weight excluding hydrogens is 545 g/mol. The zero-order valence-corrected chi connectivity index (χ0v) is 23.8. The Labute approximate surface area is 243 Å². The molecule has 1 saturated heterocycles. The SMILES string of the molecule is CC(=O)O[C@@]12CC[C@H](N(C)C(=O)C=Cc3cccc(C(F)(F)F)c3)[C@@H]3Oc4cccc5c4[C@@]31CCN(CC1CC1)[C@@H]2C5. The van der Waals surface area contributed by atoms with Crippen LogP contribution in [0.1, 0.15) is 61.3 Å². The predicted octanol–water partition coefficient (Wildman–Crippen LogP) is 5.38. The lowest BCUT2D eigenvalue weighted by atomic mass is 9.48. The molecular formula is C33H35F3N2O4. The van der Waals surface area contributed by atoms with Gasteiger partial charge in [-0.2, -0.15) is 13.2 Å². The molecule has 7 rings (SSSR count). The van der Waals surface area contributed by atoms with E-state index in [4.69, 9.17) is 9.47 Å². The van der Waals surface area contributed by atoms with E-state index in [9.17, 15) is 22.8 Å². The number of esters is 1. The van der Waals surface area contributed by atoms with Crippen molar-refractivity contribution in [3.63, 3.8) is 0 Å². The van der Waals surface area contributed by atoms with Crippen molar-refractivity contribution in [2.24, 2.45) is 5.92 Å². The number of hydrogen-bond acceptors (Lipinski definition) is 5. The summed E-state index contributed by atoms with van der Waals surface area (Å²) in [5, 5.41) is 0. The van der Waals surface area contributed by atoms with E-state index in [1.54, 1.807) is 18.0 Å². The van der Waals surface area contributed by atoms with Gasteiger partial charge in [-0.05, 0) is 86.4 Å². The van der Waals surface area contributed by atoms with Crippen LogP contribution < -0.4 is 4.74 Å². The second kappa shape index (κ2) is 9.59. The van der Waals surface area contributed by atoms with Crippen LogP contribution in [0.15, 0.2) is 48.5 Å². The molecule has 2 heterocycles. The molecule has 5 atom stereocenters. The normalized spacial score (nSPS) is 31.4. The number of rotatable bonds is 6. The van der Waals surface area contributed by atoms with Gasteiger partial charge in [0.25, 0.3) is 0 Å². The molecule has 222 valence electrons. The van der Waals surface area contributed by atoms with Gasteiger partial charge in [0, 0.05) is 32.2 Å². The lowest BCUT2D eigenvalue weighted by Crippen LogP contribution is -2.79. The van der Waals surface area contributed by atoms with E-state index in [1.165, 1.54) is 43.5 Å². The van der Waals surface area contributed by atoms with Gasteiger partial charge < -0.3 is 14.4 Å². The third-order valence-electron chi connectivity index (χ3n) is 10.4. The monoisotopic (exact) mass is 580 g/mol. The molecule has 2 aliphatic heterocycles. The maximum atomic E-state index is 13.5. The number of benzene rings is 2. The summed E-state index contributed by atoms with van der Waals surface area (Å²) in [5.74, 6) is 0.883. The molecule has 2 saturated carbocycles. The first kappa shape index (κ1) is 27.5. The highest BCUT2D eigenvalue weighted by Crippen LogP contribution is 2.66. The third kappa shape index (κ3) is 4.10. The molecule has 6 nitrogen and oxygen atoms in total. The van der Waals surface area contributed by atoms with Gasteiger partial charge in [0.1, 0.15) is 17.5 Å². The summed E-state index contributed by atoms with van der Waals surface area (Å²) in [6.45, 7) is 3.36. The van der Waals surface area contributed by atoms with E-state index in [-0.39, 0.29) is 24.0 Å². The van der Waals surface area contributed by atoms with E-state index in [2.05, 4.69) is 11.0 Å². The lowest BCUT2D eigenvalue weighted by Gasteiger charge is -2.65. The first-order valence-corrected chi connectivity index (χ1v) is 14.9. The Balaban J connectivity index is 1.23. The Hall–Kier alpha value is -3.33. The molecule has 5 aliphatic rings. The summed E-state index contributed by atoms with van der Waals surface area (Å²) in [6.07, 6.45) is 3.10. The predicted molar refractivity (Wildman–Crippen MR) is 150 cm³/mol. The average Bonchev–Trinajstić information content (AvgIpc) is 3.70. The largest absolute Gasteiger partial charge is 0.487 e. The van der Waals surface area contributed by atoms with Gasteiger partial charge in [0.05, 0.1) is 23.1 Å². The molecule has 1 amide bonds. The Bertz CT molecular complexity index is 1470. The smallest absolute Gasteiger partial charge is 0.416 e. The third-order valence-corrected chi connectivity index (χ3v) is 10.4. The fourth-order valence-electron chi connectivity index (χ4n) is 8.52. The number of carbonyl (C=O) groups excluding carboxylic acids is 2. The second-order valence-corrected chi connectivity index (χ2v) is 12.7. The fraction of sp³-hybridized carbons (Fsp3) is 0.515. The summed E-state index contributed by atoms with van der Waals surface area (Å²) in [5.41, 5.74) is 0.549. The summed E-state index contributed by atoms with van der Waals surface area (Å²) in [4.78, 5) is 30.5. The number of halogens is 3. The molecule has 0 unspecified atom stereocenters. The number of ether oxygens (including phenoxy) is 2. The van der Waals surface area contributed by atoms with Crippen LogP contribution in [0.3, 0.4) is 0 Å². The standard InChI is InChI=1S/C33H35F3N2O4/c1-20(39)42-32-14-13-25(37(2)28(40)12-11-21-5-3-7-24(17-21)33(34,35)36)30-31(32)15-16-38(19-22-9-10-22)27(32)18-23-6-4-8-26(41-30)29(23)31/h3-8,11-12,17,22,25,27,30H,9-10,13-16,18-19H2,1-2H3/t25-,27+,30-,31-,32+/m0/s1. The molecule has 0 N–H and O–H groups in total. The molecule has 2 aromatic rings. The first-order valence-electron chi connectivity index (χ1n) is 14.9. The minimum Gasteiger partial charge on any atom is -0.487 e. The van der Waals surface area contributed by atoms with Gasteiger partial charge in [-0.15, -0.1) is 0 Å². The average molecular weight is 581 g/mol. The molecule has 9 heteroatoms. The first-order chi connectivity index (χ1) is 20.0. The van der Waals surface area contributed by atoms with Crippen LogP contribution in [-0.2, 0) is 32.3 Å². The van der Waals surface area contributed by atoms with Crippen molar-refractivity contribution in [3.8, 4) is 5.75 Å². The fourth-order valence-corrected chi connectivity index (χ4v) is 8.52. The van der Waals surface area contributed by atoms with Crippen LogP contribution in [0.5, 0.6) is 5.75 Å². The number of carbonyl (C=O) groups is 2. The second-order valence-electron chi connectivity index (χ2n) is 12.7. The molecule has 3 aliphatic carbocycles. The molecule has 3 fully saturated rings. The van der Waals surface area contributed by atoms with Gasteiger partial charge in [-0.1, -0.05) is 24.3 Å². The lowest BCUT2D eigenvalue weighted by molar-refractivity contribution is -0.223. The van der Waals surface area contributed by atoms with Crippen molar-refractivity contribution in [2.75, 3.05) is 20.1 Å². The molecule has 1 spiro atoms. The van der Waals surface area contributed by atoms with Crippen LogP contribution in [0.4, 0.5) is 13.2 Å². The highest BCUT2D eigenvalue weighted by molar-refractivity contribution is 5.92. The molecule has 2 bridgehead atoms. The van der Waals surface area contributed by atoms with Crippen LogP contribution in [0.25, 0.3) is 6.08 Å². The van der Waals surface area contributed by atoms with Crippen LogP contribution in [-0.4, -0.2) is 65.6 Å². The van der Waals surface area contributed by atoms with Crippen LogP contribution in [0, 0.1) is 5.92 Å². The Morgan fingerprint density at radius 3 is 2.67 bits per heavy atom. The van der Waals surface area contributed by atoms with Crippen molar-refractivity contribution < 1.29 is 32.2 Å².